The highest BCUT2D eigenvalue weighted by molar-refractivity contribution is 5.98. The number of aliphatic carboxylic acids is 2. The molecule has 0 spiro atoms. The first kappa shape index (κ1) is 43.8. The summed E-state index contributed by atoms with van der Waals surface area (Å²) in [5, 5.41) is 44.3. The van der Waals surface area contributed by atoms with Crippen molar-refractivity contribution >= 4 is 42.0 Å². The van der Waals surface area contributed by atoms with Crippen LogP contribution in [0.4, 0.5) is 0 Å². The standard InChI is InChI=1S/C42H52O14/c1-28(18-16-24-31-22-13-9-14-23-31)32(53-29(2)43)25-17-27-40-34(45)35(42(56-40,39(49)50)41(51,38(47)48)36(55-40)37(46)52-3)54-33(44)26-15-7-5-4-6-10-19-30-20-11-8-12-21-30/h8-14,16,19-24,28,32,34-36,45,51H,4-7,15,17-18,25-27H2,1-3H3,(H,47,48)(H,49,50)/b19-10+,24-16+/t28?,32?,34?,35?,36?,40-,41?,42-/m0/s1. The van der Waals surface area contributed by atoms with Crippen molar-refractivity contribution in [2.24, 2.45) is 5.92 Å². The summed E-state index contributed by atoms with van der Waals surface area (Å²) in [6, 6.07) is 19.4. The molecule has 2 fully saturated rings. The van der Waals surface area contributed by atoms with E-state index in [4.69, 9.17) is 23.7 Å². The molecular formula is C42H52O14. The molecule has 14 nitrogen and oxygen atoms in total. The average Bonchev–Trinajstić information content (AvgIpc) is 3.38. The van der Waals surface area contributed by atoms with Crippen LogP contribution < -0.4 is 0 Å². The molecule has 2 heterocycles. The summed E-state index contributed by atoms with van der Waals surface area (Å²) < 4.78 is 27.3. The maximum atomic E-state index is 13.2. The molecule has 2 saturated heterocycles. The highest BCUT2D eigenvalue weighted by atomic mass is 16.8. The minimum absolute atomic E-state index is 0.0119. The lowest BCUT2D eigenvalue weighted by Gasteiger charge is -2.49. The van der Waals surface area contributed by atoms with Gasteiger partial charge in [-0.3, -0.25) is 9.59 Å². The molecule has 0 saturated carbocycles. The van der Waals surface area contributed by atoms with Gasteiger partial charge in [0.05, 0.1) is 7.11 Å². The number of esters is 3. The predicted octanol–water partition coefficient (Wildman–Crippen LogP) is 5.09. The second kappa shape index (κ2) is 19.8. The third kappa shape index (κ3) is 9.91. The highest BCUT2D eigenvalue weighted by Crippen LogP contribution is 2.56. The summed E-state index contributed by atoms with van der Waals surface area (Å²) in [6.45, 7) is 3.12. The van der Waals surface area contributed by atoms with Crippen LogP contribution in [0.1, 0.15) is 89.2 Å². The van der Waals surface area contributed by atoms with Crippen LogP contribution in [0.25, 0.3) is 12.2 Å². The third-order valence-electron chi connectivity index (χ3n) is 10.2. The molecule has 8 atom stereocenters. The van der Waals surface area contributed by atoms with E-state index in [1.807, 2.05) is 85.8 Å². The predicted molar refractivity (Wildman–Crippen MR) is 201 cm³/mol. The Hall–Kier alpha value is -4.89. The Morgan fingerprint density at radius 2 is 1.46 bits per heavy atom. The Morgan fingerprint density at radius 3 is 2.04 bits per heavy atom. The fourth-order valence-electron chi connectivity index (χ4n) is 7.27. The van der Waals surface area contributed by atoms with Crippen molar-refractivity contribution in [3.05, 3.63) is 83.9 Å². The van der Waals surface area contributed by atoms with Gasteiger partial charge in [-0.05, 0) is 55.6 Å². The minimum atomic E-state index is -3.73. The van der Waals surface area contributed by atoms with E-state index in [2.05, 4.69) is 6.08 Å². The number of ether oxygens (including phenoxy) is 5. The number of methoxy groups -OCH3 is 1. The van der Waals surface area contributed by atoms with Gasteiger partial charge in [-0.2, -0.15) is 0 Å². The van der Waals surface area contributed by atoms with Gasteiger partial charge in [0.15, 0.2) is 6.10 Å². The molecular weight excluding hydrogens is 728 g/mol. The van der Waals surface area contributed by atoms with Crippen LogP contribution in [0, 0.1) is 5.92 Å². The van der Waals surface area contributed by atoms with Crippen molar-refractivity contribution in [2.75, 3.05) is 7.11 Å². The van der Waals surface area contributed by atoms with Crippen LogP contribution in [-0.2, 0) is 47.7 Å². The number of hydrogen-bond donors (Lipinski definition) is 4. The van der Waals surface area contributed by atoms with Crippen molar-refractivity contribution in [1.82, 2.24) is 0 Å². The molecule has 2 aliphatic rings. The second-order valence-corrected chi connectivity index (χ2v) is 14.2. The molecule has 0 aliphatic carbocycles. The smallest absolute Gasteiger partial charge is 0.344 e. The van der Waals surface area contributed by atoms with Gasteiger partial charge in [-0.25, -0.2) is 14.4 Å². The first-order valence-electron chi connectivity index (χ1n) is 18.8. The molecule has 0 aromatic heterocycles. The zero-order valence-electron chi connectivity index (χ0n) is 31.9. The number of carbonyl (C=O) groups excluding carboxylic acids is 3. The zero-order valence-corrected chi connectivity index (χ0v) is 31.9. The molecule has 2 aromatic rings. The molecule has 0 radical (unpaired) electrons. The van der Waals surface area contributed by atoms with E-state index in [0.29, 0.717) is 19.3 Å². The maximum Gasteiger partial charge on any atom is 0.344 e. The molecule has 4 N–H and O–H groups in total. The second-order valence-electron chi connectivity index (χ2n) is 14.2. The van der Waals surface area contributed by atoms with E-state index < -0.39 is 77.7 Å². The number of aliphatic hydroxyl groups excluding tert-OH is 1. The summed E-state index contributed by atoms with van der Waals surface area (Å²) in [5.41, 5.74) is -5.09. The van der Waals surface area contributed by atoms with Gasteiger partial charge in [-0.15, -0.1) is 0 Å². The SMILES string of the molecule is COC(=O)C1O[C@@]2(CCCC(OC(C)=O)C(C)C/C=C/c3ccccc3)O[C@](C(=O)O)(C(OC(=O)CCCCCC/C=C/c3ccccc3)C2O)C1(O)C(=O)O. The van der Waals surface area contributed by atoms with Gasteiger partial charge >= 0.3 is 29.8 Å². The van der Waals surface area contributed by atoms with Crippen LogP contribution >= 0.6 is 0 Å². The number of aliphatic hydroxyl groups is 2. The molecule has 6 unspecified atom stereocenters. The van der Waals surface area contributed by atoms with Crippen molar-refractivity contribution in [3.63, 3.8) is 0 Å². The fourth-order valence-corrected chi connectivity index (χ4v) is 7.27. The Kier molecular flexibility index (Phi) is 15.5. The number of hydrogen-bond acceptors (Lipinski definition) is 12. The van der Waals surface area contributed by atoms with E-state index in [9.17, 15) is 44.4 Å². The number of allylic oxidation sites excluding steroid dienone is 2. The Labute approximate surface area is 326 Å². The lowest BCUT2D eigenvalue weighted by atomic mass is 9.74. The van der Waals surface area contributed by atoms with Gasteiger partial charge in [0, 0.05) is 19.8 Å². The van der Waals surface area contributed by atoms with E-state index in [0.717, 1.165) is 37.5 Å². The number of carbonyl (C=O) groups is 5. The molecule has 0 amide bonds. The maximum absolute atomic E-state index is 13.2. The Balaban J connectivity index is 1.49. The molecule has 56 heavy (non-hydrogen) atoms. The number of unbranched alkanes of at least 4 members (excludes halogenated alkanes) is 4. The zero-order chi connectivity index (χ0) is 40.9. The quantitative estimate of drug-likeness (QED) is 0.0739. The van der Waals surface area contributed by atoms with Crippen molar-refractivity contribution < 1.29 is 68.1 Å². The minimum Gasteiger partial charge on any atom is -0.479 e. The van der Waals surface area contributed by atoms with Gasteiger partial charge in [0.25, 0.3) is 0 Å². The van der Waals surface area contributed by atoms with E-state index >= 15 is 0 Å². The molecule has 2 bridgehead atoms. The summed E-state index contributed by atoms with van der Waals surface area (Å²) in [5.74, 6) is -10.1. The average molecular weight is 781 g/mol. The molecule has 2 aromatic carbocycles. The molecule has 2 aliphatic heterocycles. The van der Waals surface area contributed by atoms with Crippen molar-refractivity contribution in [2.45, 2.75) is 119 Å². The van der Waals surface area contributed by atoms with E-state index in [1.54, 1.807) is 0 Å². The summed E-state index contributed by atoms with van der Waals surface area (Å²) in [4.78, 5) is 64.1. The fraction of sp³-hybridized carbons (Fsp3) is 0.500. The van der Waals surface area contributed by atoms with Crippen LogP contribution in [0.15, 0.2) is 72.8 Å². The number of carboxylic acid groups (broad SMARTS) is 2. The first-order chi connectivity index (χ1) is 26.7. The van der Waals surface area contributed by atoms with Crippen LogP contribution in [0.3, 0.4) is 0 Å². The number of carboxylic acids is 2. The van der Waals surface area contributed by atoms with Gasteiger partial charge < -0.3 is 44.1 Å². The lowest BCUT2D eigenvalue weighted by Crippen LogP contribution is -2.78. The number of rotatable bonds is 21. The van der Waals surface area contributed by atoms with Crippen molar-refractivity contribution in [3.8, 4) is 0 Å². The summed E-state index contributed by atoms with van der Waals surface area (Å²) in [7, 11) is 0.871. The van der Waals surface area contributed by atoms with Crippen molar-refractivity contribution in [1.29, 1.82) is 0 Å². The lowest BCUT2D eigenvalue weighted by molar-refractivity contribution is -0.374. The Bertz CT molecular complexity index is 1710. The molecule has 14 heteroatoms. The third-order valence-corrected chi connectivity index (χ3v) is 10.2. The summed E-state index contributed by atoms with van der Waals surface area (Å²) in [6.07, 6.45) is 3.61. The van der Waals surface area contributed by atoms with Gasteiger partial charge in [0.1, 0.15) is 12.2 Å². The summed E-state index contributed by atoms with van der Waals surface area (Å²) >= 11 is 0. The molecule has 304 valence electrons. The topological polar surface area (TPSA) is 212 Å². The van der Waals surface area contributed by atoms with Crippen LogP contribution in [0.5, 0.6) is 0 Å². The van der Waals surface area contributed by atoms with Crippen LogP contribution in [-0.4, -0.2) is 98.8 Å². The van der Waals surface area contributed by atoms with Gasteiger partial charge in [-0.1, -0.05) is 105 Å². The van der Waals surface area contributed by atoms with E-state index in [1.165, 1.54) is 6.92 Å². The van der Waals surface area contributed by atoms with E-state index in [-0.39, 0.29) is 25.2 Å². The normalized spacial score (nSPS) is 26.8. The monoisotopic (exact) mass is 780 g/mol. The number of fused-ring (bicyclic) bond motifs is 2. The highest BCUT2D eigenvalue weighted by Gasteiger charge is 2.86. The first-order valence-corrected chi connectivity index (χ1v) is 18.8. The van der Waals surface area contributed by atoms with Gasteiger partial charge in [0.2, 0.25) is 23.1 Å². The number of benzene rings is 2. The largest absolute Gasteiger partial charge is 0.479 e. The molecule has 4 rings (SSSR count). The Morgan fingerprint density at radius 1 is 0.857 bits per heavy atom. The van der Waals surface area contributed by atoms with Crippen LogP contribution in [0.2, 0.25) is 0 Å².